The molecule has 0 spiro atoms. The summed E-state index contributed by atoms with van der Waals surface area (Å²) in [6, 6.07) is 9.06. The first-order valence-electron chi connectivity index (χ1n) is 15.6. The van der Waals surface area contributed by atoms with E-state index in [2.05, 4.69) is 10.2 Å². The summed E-state index contributed by atoms with van der Waals surface area (Å²) in [5.74, 6) is 0.554. The minimum absolute atomic E-state index is 0.277. The van der Waals surface area contributed by atoms with Gasteiger partial charge in [-0.3, -0.25) is 14.4 Å². The molecule has 0 radical (unpaired) electrons. The number of aromatic nitrogens is 1. The number of ether oxygens (including phenoxy) is 4. The molecule has 2 saturated heterocycles. The third-order valence-corrected chi connectivity index (χ3v) is 8.49. The van der Waals surface area contributed by atoms with Crippen LogP contribution >= 0.6 is 0 Å². The first kappa shape index (κ1) is 33.6. The summed E-state index contributed by atoms with van der Waals surface area (Å²) in [5.41, 5.74) is 3.73. The number of rotatable bonds is 10. The number of alkyl halides is 2. The summed E-state index contributed by atoms with van der Waals surface area (Å²) in [5, 5.41) is 4.25. The summed E-state index contributed by atoms with van der Waals surface area (Å²) >= 11 is 0. The van der Waals surface area contributed by atoms with Gasteiger partial charge in [0.1, 0.15) is 11.4 Å². The first-order chi connectivity index (χ1) is 21.9. The van der Waals surface area contributed by atoms with Gasteiger partial charge in [-0.15, -0.1) is 0 Å². The van der Waals surface area contributed by atoms with Crippen molar-refractivity contribution in [3.63, 3.8) is 0 Å². The van der Waals surface area contributed by atoms with Crippen LogP contribution in [0.5, 0.6) is 5.75 Å². The molecule has 0 saturated carbocycles. The highest BCUT2D eigenvalue weighted by molar-refractivity contribution is 5.96. The van der Waals surface area contributed by atoms with Gasteiger partial charge < -0.3 is 24.3 Å². The molecule has 3 aromatic rings. The van der Waals surface area contributed by atoms with Gasteiger partial charge in [-0.2, -0.15) is 0 Å². The Bertz CT molecular complexity index is 1570. The van der Waals surface area contributed by atoms with Gasteiger partial charge in [-0.25, -0.2) is 18.4 Å². The number of nitrogens with one attached hydrogen (secondary N) is 1. The molecule has 3 heterocycles. The third kappa shape index (κ3) is 7.45. The van der Waals surface area contributed by atoms with Crippen molar-refractivity contribution < 1.29 is 37.3 Å². The van der Waals surface area contributed by atoms with Crippen molar-refractivity contribution in [2.75, 3.05) is 65.5 Å². The Balaban J connectivity index is 1.53. The second kappa shape index (κ2) is 13.9. The molecule has 0 bridgehead atoms. The lowest BCUT2D eigenvalue weighted by Crippen LogP contribution is -2.49. The molecule has 250 valence electrons. The van der Waals surface area contributed by atoms with Gasteiger partial charge in [0.2, 0.25) is 0 Å². The van der Waals surface area contributed by atoms with Gasteiger partial charge in [0, 0.05) is 67.5 Å². The van der Waals surface area contributed by atoms with Gasteiger partial charge in [0.15, 0.2) is 0 Å². The number of anilines is 1. The van der Waals surface area contributed by atoms with Crippen LogP contribution in [0.4, 0.5) is 19.3 Å². The lowest BCUT2D eigenvalue weighted by atomic mass is 9.97. The van der Waals surface area contributed by atoms with Crippen LogP contribution in [-0.2, 0) is 20.8 Å². The standard InChI is InChI=1S/C34H44F2N4O6/c1-21-13-29(43-5)26(24-9-10-40(31(21)24)33(42)46-34(2,3)4)16-39-12-11-38(18-30(35)36)17-28(39)23-7-8-25(32(41)44-6)27(14-23)37-15-22-19-45-20-22/h7-10,13-14,22,28,30,37H,11-12,15-20H2,1-6H3/t28-/m0/s1. The van der Waals surface area contributed by atoms with Gasteiger partial charge in [-0.05, 0) is 63.1 Å². The molecule has 1 atom stereocenters. The highest BCUT2D eigenvalue weighted by atomic mass is 19.3. The summed E-state index contributed by atoms with van der Waals surface area (Å²) in [4.78, 5) is 29.8. The van der Waals surface area contributed by atoms with Crippen LogP contribution < -0.4 is 10.1 Å². The van der Waals surface area contributed by atoms with E-state index in [0.717, 1.165) is 27.6 Å². The minimum atomic E-state index is -2.46. The fourth-order valence-corrected chi connectivity index (χ4v) is 6.18. The van der Waals surface area contributed by atoms with Crippen LogP contribution in [0.1, 0.15) is 53.9 Å². The fourth-order valence-electron chi connectivity index (χ4n) is 6.18. The molecule has 2 aromatic carbocycles. The Hall–Kier alpha value is -3.74. The van der Waals surface area contributed by atoms with Crippen molar-refractivity contribution in [2.24, 2.45) is 5.92 Å². The quantitative estimate of drug-likeness (QED) is 0.279. The largest absolute Gasteiger partial charge is 0.496 e. The van der Waals surface area contributed by atoms with E-state index in [1.807, 2.05) is 52.0 Å². The van der Waals surface area contributed by atoms with Crippen LogP contribution in [0, 0.1) is 12.8 Å². The molecule has 2 fully saturated rings. The molecule has 2 aliphatic heterocycles. The average molecular weight is 643 g/mol. The summed E-state index contributed by atoms with van der Waals surface area (Å²) in [6.07, 6.45) is -1.22. The highest BCUT2D eigenvalue weighted by Gasteiger charge is 2.32. The Kier molecular flexibility index (Phi) is 10.2. The van der Waals surface area contributed by atoms with Gasteiger partial charge in [-0.1, -0.05) is 6.07 Å². The number of carbonyl (C=O) groups excluding carboxylic acids is 2. The molecule has 0 unspecified atom stereocenters. The van der Waals surface area contributed by atoms with Crippen molar-refractivity contribution in [3.05, 3.63) is 58.8 Å². The maximum atomic E-state index is 13.6. The summed E-state index contributed by atoms with van der Waals surface area (Å²) in [6.45, 7) is 10.8. The maximum Gasteiger partial charge on any atom is 0.419 e. The zero-order chi connectivity index (χ0) is 33.2. The van der Waals surface area contributed by atoms with Crippen LogP contribution in [-0.4, -0.2) is 98.6 Å². The molecule has 0 amide bonds. The number of esters is 1. The van der Waals surface area contributed by atoms with E-state index in [0.29, 0.717) is 68.9 Å². The smallest absolute Gasteiger partial charge is 0.419 e. The fraction of sp³-hybridized carbons (Fsp3) is 0.529. The van der Waals surface area contributed by atoms with Crippen LogP contribution in [0.15, 0.2) is 36.5 Å². The number of fused-ring (bicyclic) bond motifs is 1. The van der Waals surface area contributed by atoms with Gasteiger partial charge >= 0.3 is 12.1 Å². The normalized spacial score (nSPS) is 18.1. The number of carbonyl (C=O) groups is 2. The number of aryl methyl sites for hydroxylation is 1. The molecule has 1 N–H and O–H groups in total. The number of piperazine rings is 1. The number of nitrogens with zero attached hydrogens (tertiary/aromatic N) is 3. The summed E-state index contributed by atoms with van der Waals surface area (Å²) < 4.78 is 50.5. The van der Waals surface area contributed by atoms with Gasteiger partial charge in [0.05, 0.1) is 45.1 Å². The number of hydrogen-bond acceptors (Lipinski definition) is 9. The van der Waals surface area contributed by atoms with Crippen LogP contribution in [0.2, 0.25) is 0 Å². The second-order valence-corrected chi connectivity index (χ2v) is 13.0. The molecule has 1 aromatic heterocycles. The Morgan fingerprint density at radius 3 is 2.50 bits per heavy atom. The molecule has 2 aliphatic rings. The van der Waals surface area contributed by atoms with E-state index in [9.17, 15) is 18.4 Å². The zero-order valence-electron chi connectivity index (χ0n) is 27.4. The molecular formula is C34H44F2N4O6. The second-order valence-electron chi connectivity index (χ2n) is 13.0. The van der Waals surface area contributed by atoms with E-state index >= 15 is 0 Å². The van der Waals surface area contributed by atoms with Crippen molar-refractivity contribution >= 4 is 28.7 Å². The van der Waals surface area contributed by atoms with Crippen molar-refractivity contribution in [3.8, 4) is 5.75 Å². The van der Waals surface area contributed by atoms with Gasteiger partial charge in [0.25, 0.3) is 6.43 Å². The van der Waals surface area contributed by atoms with Crippen molar-refractivity contribution in [2.45, 2.75) is 52.3 Å². The Morgan fingerprint density at radius 2 is 1.87 bits per heavy atom. The first-order valence-corrected chi connectivity index (χ1v) is 15.6. The van der Waals surface area contributed by atoms with E-state index in [4.69, 9.17) is 18.9 Å². The predicted molar refractivity (Wildman–Crippen MR) is 171 cm³/mol. The van der Waals surface area contributed by atoms with Crippen molar-refractivity contribution in [1.29, 1.82) is 0 Å². The van der Waals surface area contributed by atoms with E-state index in [1.54, 1.807) is 24.3 Å². The van der Waals surface area contributed by atoms with E-state index < -0.39 is 24.1 Å². The number of benzene rings is 2. The van der Waals surface area contributed by atoms with E-state index in [1.165, 1.54) is 11.7 Å². The number of methoxy groups -OCH3 is 2. The third-order valence-electron chi connectivity index (χ3n) is 8.49. The minimum Gasteiger partial charge on any atom is -0.496 e. The topological polar surface area (TPSA) is 94.5 Å². The SMILES string of the molecule is COC(=O)c1ccc([C@@H]2CN(CC(F)F)CCN2Cc2c(OC)cc(C)c3c2ccn3C(=O)OC(C)(C)C)cc1NCC1COC1. The summed E-state index contributed by atoms with van der Waals surface area (Å²) in [7, 11) is 2.96. The molecule has 5 rings (SSSR count). The monoisotopic (exact) mass is 642 g/mol. The Morgan fingerprint density at radius 1 is 1.11 bits per heavy atom. The maximum absolute atomic E-state index is 13.6. The average Bonchev–Trinajstić information content (AvgIpc) is 3.43. The van der Waals surface area contributed by atoms with Crippen LogP contribution in [0.25, 0.3) is 10.9 Å². The molecule has 46 heavy (non-hydrogen) atoms. The van der Waals surface area contributed by atoms with E-state index in [-0.39, 0.29) is 12.6 Å². The molecular weight excluding hydrogens is 598 g/mol. The molecule has 10 nitrogen and oxygen atoms in total. The lowest BCUT2D eigenvalue weighted by Gasteiger charge is -2.42. The van der Waals surface area contributed by atoms with Crippen LogP contribution in [0.3, 0.4) is 0 Å². The number of hydrogen-bond donors (Lipinski definition) is 1. The Labute approximate surface area is 268 Å². The zero-order valence-corrected chi connectivity index (χ0v) is 27.4. The molecule has 12 heteroatoms. The van der Waals surface area contributed by atoms with Crippen molar-refractivity contribution in [1.82, 2.24) is 14.4 Å². The predicted octanol–water partition coefficient (Wildman–Crippen LogP) is 5.71. The highest BCUT2D eigenvalue weighted by Crippen LogP contribution is 2.37. The lowest BCUT2D eigenvalue weighted by molar-refractivity contribution is -0.0248. The number of halogens is 2. The molecule has 0 aliphatic carbocycles.